The van der Waals surface area contributed by atoms with Crippen molar-refractivity contribution in [2.24, 2.45) is 0 Å². The highest BCUT2D eigenvalue weighted by molar-refractivity contribution is 6.13. The van der Waals surface area contributed by atoms with E-state index in [0.29, 0.717) is 0 Å². The van der Waals surface area contributed by atoms with Gasteiger partial charge >= 0.3 is 0 Å². The first-order chi connectivity index (χ1) is 32.7. The van der Waals surface area contributed by atoms with Crippen LogP contribution in [0.1, 0.15) is 22.3 Å². The third kappa shape index (κ3) is 4.66. The molecule has 11 aromatic carbocycles. The molecule has 0 radical (unpaired) electrons. The molecule has 1 unspecified atom stereocenters. The van der Waals surface area contributed by atoms with Gasteiger partial charge in [0, 0.05) is 44.0 Å². The zero-order valence-corrected chi connectivity index (χ0v) is 35.7. The van der Waals surface area contributed by atoms with Crippen molar-refractivity contribution in [2.45, 2.75) is 5.41 Å². The number of para-hydroxylation sites is 2. The minimum absolute atomic E-state index is 0.548. The van der Waals surface area contributed by atoms with Gasteiger partial charge in [-0.05, 0) is 121 Å². The molecule has 0 saturated heterocycles. The second-order valence-electron chi connectivity index (χ2n) is 17.9. The van der Waals surface area contributed by atoms with Crippen LogP contribution in [0.3, 0.4) is 0 Å². The van der Waals surface area contributed by atoms with E-state index in [1.165, 1.54) is 82.3 Å². The summed E-state index contributed by atoms with van der Waals surface area (Å²) in [6, 6.07) is 85.4. The quantitative estimate of drug-likeness (QED) is 0.176. The van der Waals surface area contributed by atoms with E-state index in [9.17, 15) is 0 Å². The number of rotatable bonds is 4. The van der Waals surface area contributed by atoms with Crippen molar-refractivity contribution in [3.63, 3.8) is 0 Å². The second-order valence-corrected chi connectivity index (χ2v) is 17.9. The number of nitrogens with zero attached hydrogens (tertiary/aromatic N) is 2. The van der Waals surface area contributed by atoms with Crippen molar-refractivity contribution < 1.29 is 4.42 Å². The normalized spacial score (nSPS) is 14.7. The number of furan rings is 1. The van der Waals surface area contributed by atoms with Crippen LogP contribution in [0.4, 0.5) is 17.1 Å². The lowest BCUT2D eigenvalue weighted by molar-refractivity contribution is 0.669. The van der Waals surface area contributed by atoms with Crippen LogP contribution in [0.15, 0.2) is 235 Å². The molecule has 15 rings (SSSR count). The lowest BCUT2D eigenvalue weighted by Crippen LogP contribution is -2.32. The molecule has 2 aliphatic carbocycles. The van der Waals surface area contributed by atoms with Crippen molar-refractivity contribution >= 4 is 82.4 Å². The fourth-order valence-corrected chi connectivity index (χ4v) is 12.1. The largest absolute Gasteiger partial charge is 0.456 e. The second kappa shape index (κ2) is 13.2. The lowest BCUT2D eigenvalue weighted by atomic mass is 9.61. The van der Waals surface area contributed by atoms with E-state index >= 15 is 0 Å². The minimum Gasteiger partial charge on any atom is -0.456 e. The van der Waals surface area contributed by atoms with E-state index in [1.807, 2.05) is 6.07 Å². The SMILES string of the molecule is c1ccc2c(c1)-c1ccc(N(c3ccc4oc5ccccc5c4c3)c3ccc4c5ccccc5n(-c5cccc6ccccc56)c4c3)cc1C21c2ccccc2-c2cccc3cccc1c23. The summed E-state index contributed by atoms with van der Waals surface area (Å²) in [7, 11) is 0. The monoisotopic (exact) mass is 838 g/mol. The molecule has 306 valence electrons. The number of hydrogen-bond donors (Lipinski definition) is 0. The van der Waals surface area contributed by atoms with Gasteiger partial charge in [-0.25, -0.2) is 0 Å². The summed E-state index contributed by atoms with van der Waals surface area (Å²) in [5.74, 6) is 0. The number of anilines is 3. The predicted molar refractivity (Wildman–Crippen MR) is 274 cm³/mol. The van der Waals surface area contributed by atoms with Crippen LogP contribution >= 0.6 is 0 Å². The van der Waals surface area contributed by atoms with Gasteiger partial charge < -0.3 is 13.9 Å². The Morgan fingerprint density at radius 3 is 1.77 bits per heavy atom. The van der Waals surface area contributed by atoms with E-state index in [1.54, 1.807) is 0 Å². The Kier molecular flexibility index (Phi) is 7.15. The molecule has 2 heterocycles. The van der Waals surface area contributed by atoms with Gasteiger partial charge in [-0.15, -0.1) is 0 Å². The van der Waals surface area contributed by atoms with E-state index in [2.05, 4.69) is 234 Å². The van der Waals surface area contributed by atoms with E-state index in [-0.39, 0.29) is 0 Å². The zero-order chi connectivity index (χ0) is 43.1. The van der Waals surface area contributed by atoms with Crippen LogP contribution in [0.25, 0.3) is 93.2 Å². The number of aromatic nitrogens is 1. The molecule has 0 N–H and O–H groups in total. The molecular formula is C63H38N2O. The van der Waals surface area contributed by atoms with Gasteiger partial charge in [0.1, 0.15) is 11.2 Å². The molecule has 0 fully saturated rings. The van der Waals surface area contributed by atoms with Crippen molar-refractivity contribution in [2.75, 3.05) is 4.90 Å². The molecule has 1 atom stereocenters. The van der Waals surface area contributed by atoms with Gasteiger partial charge in [0.2, 0.25) is 0 Å². The molecule has 3 nitrogen and oxygen atoms in total. The van der Waals surface area contributed by atoms with Crippen LogP contribution in [-0.4, -0.2) is 4.57 Å². The molecule has 0 amide bonds. The molecule has 2 aromatic heterocycles. The molecule has 0 bridgehead atoms. The predicted octanol–water partition coefficient (Wildman–Crippen LogP) is 16.8. The summed E-state index contributed by atoms with van der Waals surface area (Å²) >= 11 is 0. The first-order valence-electron chi connectivity index (χ1n) is 22.8. The molecule has 66 heavy (non-hydrogen) atoms. The third-order valence-corrected chi connectivity index (χ3v) is 14.8. The Morgan fingerprint density at radius 1 is 0.333 bits per heavy atom. The molecule has 13 aromatic rings. The zero-order valence-electron chi connectivity index (χ0n) is 35.7. The van der Waals surface area contributed by atoms with Crippen LogP contribution < -0.4 is 4.90 Å². The number of benzene rings is 11. The average molecular weight is 839 g/mol. The van der Waals surface area contributed by atoms with E-state index in [0.717, 1.165) is 50.2 Å². The Labute approximate surface area is 380 Å². The number of hydrogen-bond acceptors (Lipinski definition) is 2. The smallest absolute Gasteiger partial charge is 0.135 e. The van der Waals surface area contributed by atoms with Crippen LogP contribution in [0, 0.1) is 0 Å². The highest BCUT2D eigenvalue weighted by Gasteiger charge is 2.50. The molecule has 2 aliphatic rings. The van der Waals surface area contributed by atoms with Gasteiger partial charge in [0.25, 0.3) is 0 Å². The summed E-state index contributed by atoms with van der Waals surface area (Å²) in [4.78, 5) is 2.46. The van der Waals surface area contributed by atoms with Crippen LogP contribution in [0.2, 0.25) is 0 Å². The van der Waals surface area contributed by atoms with Crippen molar-refractivity contribution in [1.82, 2.24) is 4.57 Å². The van der Waals surface area contributed by atoms with E-state index in [4.69, 9.17) is 4.42 Å². The van der Waals surface area contributed by atoms with Crippen molar-refractivity contribution in [1.29, 1.82) is 0 Å². The maximum absolute atomic E-state index is 6.43. The van der Waals surface area contributed by atoms with Gasteiger partial charge in [-0.2, -0.15) is 0 Å². The van der Waals surface area contributed by atoms with Crippen molar-refractivity contribution in [3.8, 4) is 27.9 Å². The topological polar surface area (TPSA) is 21.3 Å². The maximum atomic E-state index is 6.43. The summed E-state index contributed by atoms with van der Waals surface area (Å²) in [5.41, 5.74) is 18.3. The Balaban J connectivity index is 1.04. The molecule has 0 aliphatic heterocycles. The first kappa shape index (κ1) is 35.8. The lowest BCUT2D eigenvalue weighted by Gasteiger charge is -2.40. The fraction of sp³-hybridized carbons (Fsp3) is 0.0159. The van der Waals surface area contributed by atoms with Crippen molar-refractivity contribution in [3.05, 3.63) is 253 Å². The highest BCUT2D eigenvalue weighted by atomic mass is 16.3. The Morgan fingerprint density at radius 2 is 0.894 bits per heavy atom. The molecule has 3 heteroatoms. The standard InChI is InChI=1S/C63H38N2O/c1-2-18-44-39(14-1)15-13-28-57(44)65-58-27-9-5-21-48(58)49-34-31-43(38-59(49)65)64(41-32-35-61-52(36-41)50-22-6-10-29-60(50)66-61)42-30-33-47-45-19-3-7-24-53(45)63(56(47)37-42)54-25-8-4-20-46(54)51-23-11-16-40-17-12-26-55(63)62(40)51/h1-38H. The average Bonchev–Trinajstić information content (AvgIpc) is 4.01. The third-order valence-electron chi connectivity index (χ3n) is 14.8. The summed E-state index contributed by atoms with van der Waals surface area (Å²) in [5, 5.41) is 9.67. The van der Waals surface area contributed by atoms with Crippen LogP contribution in [-0.2, 0) is 5.41 Å². The fourth-order valence-electron chi connectivity index (χ4n) is 12.1. The molecule has 0 saturated carbocycles. The first-order valence-corrected chi connectivity index (χ1v) is 22.8. The molecular weight excluding hydrogens is 801 g/mol. The van der Waals surface area contributed by atoms with E-state index < -0.39 is 5.41 Å². The summed E-state index contributed by atoms with van der Waals surface area (Å²) < 4.78 is 8.89. The summed E-state index contributed by atoms with van der Waals surface area (Å²) in [6.07, 6.45) is 0. The van der Waals surface area contributed by atoms with Gasteiger partial charge in [0.05, 0.1) is 22.1 Å². The molecule has 1 spiro atoms. The Hall–Kier alpha value is -8.66. The number of fused-ring (bicyclic) bond motifs is 16. The van der Waals surface area contributed by atoms with Gasteiger partial charge in [0.15, 0.2) is 0 Å². The minimum atomic E-state index is -0.548. The summed E-state index contributed by atoms with van der Waals surface area (Å²) in [6.45, 7) is 0. The maximum Gasteiger partial charge on any atom is 0.135 e. The Bertz CT molecular complexity index is 4200. The van der Waals surface area contributed by atoms with Crippen LogP contribution in [0.5, 0.6) is 0 Å². The van der Waals surface area contributed by atoms with Gasteiger partial charge in [-0.3, -0.25) is 0 Å². The van der Waals surface area contributed by atoms with Gasteiger partial charge in [-0.1, -0.05) is 170 Å². The highest BCUT2D eigenvalue weighted by Crippen LogP contribution is 2.62.